The van der Waals surface area contributed by atoms with Gasteiger partial charge in [-0.1, -0.05) is 45.0 Å². The van der Waals surface area contributed by atoms with Gasteiger partial charge in [0.2, 0.25) is 0 Å². The van der Waals surface area contributed by atoms with E-state index in [-0.39, 0.29) is 17.3 Å². The predicted octanol–water partition coefficient (Wildman–Crippen LogP) is 10.00. The third-order valence-corrected chi connectivity index (χ3v) is 13.4. The molecule has 0 aromatic heterocycles. The highest BCUT2D eigenvalue weighted by molar-refractivity contribution is 6.74. The number of hydrogen-bond acceptors (Lipinski definition) is 5. The van der Waals surface area contributed by atoms with E-state index in [9.17, 15) is 18.0 Å². The van der Waals surface area contributed by atoms with Crippen LogP contribution in [0.15, 0.2) is 60.7 Å². The van der Waals surface area contributed by atoms with Crippen molar-refractivity contribution in [3.8, 4) is 28.0 Å². The van der Waals surface area contributed by atoms with E-state index in [1.165, 1.54) is 6.07 Å². The average molecular weight is 642 g/mol. The van der Waals surface area contributed by atoms with Crippen LogP contribution < -0.4 is 9.64 Å². The third-order valence-electron chi connectivity index (χ3n) is 8.83. The third kappa shape index (κ3) is 8.70. The van der Waals surface area contributed by atoms with Crippen molar-refractivity contribution in [1.29, 1.82) is 0 Å². The van der Waals surface area contributed by atoms with Crippen molar-refractivity contribution >= 4 is 20.0 Å². The van der Waals surface area contributed by atoms with Gasteiger partial charge in [0.05, 0.1) is 24.3 Å². The van der Waals surface area contributed by atoms with E-state index in [1.54, 1.807) is 31.2 Å². The van der Waals surface area contributed by atoms with Crippen molar-refractivity contribution in [3.63, 3.8) is 0 Å². The zero-order valence-corrected chi connectivity index (χ0v) is 28.4. The number of unbranched alkanes of at least 4 members (excludes halogenated alkanes) is 1. The van der Waals surface area contributed by atoms with Crippen molar-refractivity contribution < 1.29 is 31.9 Å². The highest BCUT2D eigenvalue weighted by Gasteiger charge is 2.37. The lowest BCUT2D eigenvalue weighted by molar-refractivity contribution is -0.137. The molecule has 0 atom stereocenters. The van der Waals surface area contributed by atoms with Crippen LogP contribution in [0.5, 0.6) is 5.75 Å². The van der Waals surface area contributed by atoms with Crippen LogP contribution in [0.4, 0.5) is 18.9 Å². The van der Waals surface area contributed by atoms with Gasteiger partial charge in [0.25, 0.3) is 0 Å². The summed E-state index contributed by atoms with van der Waals surface area (Å²) in [5.41, 5.74) is 2.66. The van der Waals surface area contributed by atoms with Crippen molar-refractivity contribution in [3.05, 3.63) is 71.8 Å². The van der Waals surface area contributed by atoms with Crippen LogP contribution in [0.2, 0.25) is 18.1 Å². The first-order valence-corrected chi connectivity index (χ1v) is 18.8. The molecule has 1 heterocycles. The number of esters is 1. The molecule has 3 aromatic rings. The Balaban J connectivity index is 1.61. The van der Waals surface area contributed by atoms with Crippen LogP contribution in [0.25, 0.3) is 22.3 Å². The maximum absolute atomic E-state index is 14.4. The Labute approximate surface area is 266 Å². The van der Waals surface area contributed by atoms with E-state index >= 15 is 0 Å². The molecule has 3 aromatic carbocycles. The molecular weight excluding hydrogens is 595 g/mol. The minimum absolute atomic E-state index is 0.138. The number of benzene rings is 3. The summed E-state index contributed by atoms with van der Waals surface area (Å²) >= 11 is 0. The van der Waals surface area contributed by atoms with Gasteiger partial charge >= 0.3 is 12.1 Å². The summed E-state index contributed by atoms with van der Waals surface area (Å²) in [5, 5.41) is 0.138. The highest BCUT2D eigenvalue weighted by Crippen LogP contribution is 2.43. The van der Waals surface area contributed by atoms with Gasteiger partial charge in [-0.05, 0) is 104 Å². The Morgan fingerprint density at radius 3 is 2.09 bits per heavy atom. The number of ether oxygens (including phenoxy) is 2. The fourth-order valence-electron chi connectivity index (χ4n) is 5.17. The number of halogens is 3. The molecule has 1 aliphatic heterocycles. The zero-order chi connectivity index (χ0) is 32.8. The molecule has 45 heavy (non-hydrogen) atoms. The van der Waals surface area contributed by atoms with Crippen LogP contribution in [0.1, 0.15) is 69.3 Å². The fourth-order valence-corrected chi connectivity index (χ4v) is 6.26. The van der Waals surface area contributed by atoms with Gasteiger partial charge in [-0.25, -0.2) is 4.79 Å². The summed E-state index contributed by atoms with van der Waals surface area (Å²) in [6.45, 7) is 15.4. The highest BCUT2D eigenvalue weighted by atomic mass is 28.4. The second-order valence-electron chi connectivity index (χ2n) is 13.1. The second kappa shape index (κ2) is 14.4. The summed E-state index contributed by atoms with van der Waals surface area (Å²) in [6, 6.07) is 17.2. The minimum Gasteiger partial charge on any atom is -0.493 e. The van der Waals surface area contributed by atoms with E-state index in [1.807, 2.05) is 35.2 Å². The second-order valence-corrected chi connectivity index (χ2v) is 17.9. The number of alkyl halides is 3. The van der Waals surface area contributed by atoms with E-state index in [2.05, 4.69) is 33.9 Å². The zero-order valence-electron chi connectivity index (χ0n) is 27.4. The molecule has 0 spiro atoms. The van der Waals surface area contributed by atoms with E-state index in [0.717, 1.165) is 36.8 Å². The van der Waals surface area contributed by atoms with E-state index < -0.39 is 26.0 Å². The van der Waals surface area contributed by atoms with Crippen molar-refractivity contribution in [2.24, 2.45) is 0 Å². The largest absolute Gasteiger partial charge is 0.493 e. The van der Waals surface area contributed by atoms with Crippen molar-refractivity contribution in [2.75, 3.05) is 37.8 Å². The molecule has 0 radical (unpaired) electrons. The minimum atomic E-state index is -4.50. The van der Waals surface area contributed by atoms with Crippen LogP contribution in [-0.2, 0) is 15.3 Å². The van der Waals surface area contributed by atoms with E-state index in [4.69, 9.17) is 13.9 Å². The molecule has 0 N–H and O–H groups in total. The van der Waals surface area contributed by atoms with Gasteiger partial charge in [0.1, 0.15) is 5.75 Å². The number of nitrogens with zero attached hydrogens (tertiary/aromatic N) is 1. The number of hydrogen-bond donors (Lipinski definition) is 0. The summed E-state index contributed by atoms with van der Waals surface area (Å²) < 4.78 is 60.7. The van der Waals surface area contributed by atoms with Crippen LogP contribution in [0.3, 0.4) is 0 Å². The summed E-state index contributed by atoms with van der Waals surface area (Å²) in [5.74, 6) is 0.121. The SMILES string of the molecule is CCOC(=O)c1ccc(-c2ccc(OCCCCO[Si](C)(C)C(C)(C)C)c(-c3ccc(N4CCCC4)c(C(F)(F)F)c3)c2)cc1. The quantitative estimate of drug-likeness (QED) is 0.112. The Bertz CT molecular complexity index is 1440. The molecule has 4 rings (SSSR count). The monoisotopic (exact) mass is 641 g/mol. The topological polar surface area (TPSA) is 48.0 Å². The maximum atomic E-state index is 14.4. The standard InChI is InChI=1S/C36H46F3NO4Si/c1-7-42-34(41)27-14-12-26(13-15-27)28-17-19-33(43-22-10-11-23-44-45(5,6)35(2,3)4)30(24-28)29-16-18-32(40-20-8-9-21-40)31(25-29)36(37,38)39/h12-19,24-25H,7-11,20-23H2,1-6H3. The lowest BCUT2D eigenvalue weighted by Crippen LogP contribution is -2.41. The lowest BCUT2D eigenvalue weighted by atomic mass is 9.95. The maximum Gasteiger partial charge on any atom is 0.418 e. The normalized spacial score (nSPS) is 14.1. The molecule has 244 valence electrons. The first-order valence-electron chi connectivity index (χ1n) is 15.9. The molecule has 0 aliphatic carbocycles. The molecule has 0 unspecified atom stereocenters. The summed E-state index contributed by atoms with van der Waals surface area (Å²) in [7, 11) is -1.83. The number of carbonyl (C=O) groups is 1. The van der Waals surface area contributed by atoms with Gasteiger partial charge in [-0.3, -0.25) is 0 Å². The molecule has 1 fully saturated rings. The first-order chi connectivity index (χ1) is 21.2. The molecule has 0 amide bonds. The number of rotatable bonds is 12. The molecule has 0 bridgehead atoms. The van der Waals surface area contributed by atoms with Gasteiger partial charge < -0.3 is 18.8 Å². The summed E-state index contributed by atoms with van der Waals surface area (Å²) in [4.78, 5) is 13.9. The molecule has 0 saturated carbocycles. The van der Waals surface area contributed by atoms with Gasteiger partial charge in [-0.15, -0.1) is 0 Å². The Kier molecular flexibility index (Phi) is 11.1. The van der Waals surface area contributed by atoms with E-state index in [0.29, 0.717) is 48.7 Å². The lowest BCUT2D eigenvalue weighted by Gasteiger charge is -2.36. The van der Waals surface area contributed by atoms with Crippen LogP contribution in [0, 0.1) is 0 Å². The molecule has 5 nitrogen and oxygen atoms in total. The van der Waals surface area contributed by atoms with Gasteiger partial charge in [0, 0.05) is 30.9 Å². The van der Waals surface area contributed by atoms with Gasteiger partial charge in [0.15, 0.2) is 8.32 Å². The Morgan fingerprint density at radius 2 is 1.47 bits per heavy atom. The number of anilines is 1. The average Bonchev–Trinajstić information content (AvgIpc) is 3.53. The molecule has 1 saturated heterocycles. The molecule has 9 heteroatoms. The Morgan fingerprint density at radius 1 is 0.844 bits per heavy atom. The number of carbonyl (C=O) groups excluding carboxylic acids is 1. The molecule has 1 aliphatic rings. The van der Waals surface area contributed by atoms with Crippen molar-refractivity contribution in [2.45, 2.75) is 77.7 Å². The molecular formula is C36H46F3NO4Si. The van der Waals surface area contributed by atoms with Crippen molar-refractivity contribution in [1.82, 2.24) is 0 Å². The summed E-state index contributed by atoms with van der Waals surface area (Å²) in [6.07, 6.45) is -1.15. The first kappa shape index (κ1) is 34.6. The van der Waals surface area contributed by atoms with Crippen LogP contribution >= 0.6 is 0 Å². The van der Waals surface area contributed by atoms with Crippen LogP contribution in [-0.4, -0.2) is 47.2 Å². The fraction of sp³-hybridized carbons (Fsp3) is 0.472. The Hall–Kier alpha value is -3.30. The smallest absolute Gasteiger partial charge is 0.418 e. The van der Waals surface area contributed by atoms with Gasteiger partial charge in [-0.2, -0.15) is 13.2 Å². The predicted molar refractivity (Wildman–Crippen MR) is 178 cm³/mol.